The van der Waals surface area contributed by atoms with E-state index in [0.29, 0.717) is 11.1 Å². The molecule has 12 heavy (non-hydrogen) atoms. The number of hydrogen-bond donors (Lipinski definition) is 1. The zero-order valence-electron chi connectivity index (χ0n) is 6.23. The summed E-state index contributed by atoms with van der Waals surface area (Å²) in [6.45, 7) is 0. The zero-order chi connectivity index (χ0) is 8.97. The molecule has 1 N–H and O–H groups in total. The second kappa shape index (κ2) is 3.52. The van der Waals surface area contributed by atoms with E-state index in [2.05, 4.69) is 0 Å². The molecule has 0 saturated carbocycles. The monoisotopic (exact) mass is 158 g/mol. The van der Waals surface area contributed by atoms with Gasteiger partial charge in [0, 0.05) is 0 Å². The van der Waals surface area contributed by atoms with Gasteiger partial charge in [0.15, 0.2) is 6.10 Å². The van der Waals surface area contributed by atoms with E-state index in [4.69, 9.17) is 15.6 Å². The van der Waals surface area contributed by atoms with E-state index >= 15 is 0 Å². The summed E-state index contributed by atoms with van der Waals surface area (Å²) in [7, 11) is 0. The van der Waals surface area contributed by atoms with Crippen LogP contribution < -0.4 is 0 Å². The molecule has 3 nitrogen and oxygen atoms in total. The molecule has 0 spiro atoms. The van der Waals surface area contributed by atoms with Gasteiger partial charge in [-0.2, -0.15) is 10.5 Å². The molecule has 0 heterocycles. The minimum absolute atomic E-state index is 0.446. The second-order valence-electron chi connectivity index (χ2n) is 2.27. The molecule has 1 aromatic rings. The Labute approximate surface area is 70.1 Å². The van der Waals surface area contributed by atoms with Gasteiger partial charge >= 0.3 is 0 Å². The van der Waals surface area contributed by atoms with E-state index in [-0.39, 0.29) is 0 Å². The third-order valence-corrected chi connectivity index (χ3v) is 1.45. The first-order valence-corrected chi connectivity index (χ1v) is 3.35. The number of nitrogens with zero attached hydrogens (tertiary/aromatic N) is 2. The maximum absolute atomic E-state index is 9.08. The first-order valence-electron chi connectivity index (χ1n) is 3.35. The van der Waals surface area contributed by atoms with Crippen LogP contribution in [0.4, 0.5) is 0 Å². The van der Waals surface area contributed by atoms with Crippen LogP contribution in [0.2, 0.25) is 0 Å². The number of hydrogen-bond acceptors (Lipinski definition) is 3. The quantitative estimate of drug-likeness (QED) is 0.622. The molecule has 0 aliphatic carbocycles. The lowest BCUT2D eigenvalue weighted by atomic mass is 10.1. The van der Waals surface area contributed by atoms with Crippen molar-refractivity contribution in [2.75, 3.05) is 0 Å². The van der Waals surface area contributed by atoms with Crippen LogP contribution in [0.15, 0.2) is 24.3 Å². The minimum Gasteiger partial charge on any atom is -0.374 e. The average Bonchev–Trinajstić information content (AvgIpc) is 2.17. The van der Waals surface area contributed by atoms with Crippen LogP contribution in [0.1, 0.15) is 17.2 Å². The Morgan fingerprint density at radius 3 is 2.67 bits per heavy atom. The molecule has 0 amide bonds. The molecule has 0 aromatic heterocycles. The molecular formula is C9H6N2O. The number of rotatable bonds is 1. The molecule has 1 unspecified atom stereocenters. The van der Waals surface area contributed by atoms with Crippen molar-refractivity contribution in [3.63, 3.8) is 0 Å². The fraction of sp³-hybridized carbons (Fsp3) is 0.111. The Bertz CT molecular complexity index is 360. The molecular weight excluding hydrogens is 152 g/mol. The Balaban J connectivity index is 3.05. The topological polar surface area (TPSA) is 67.8 Å². The summed E-state index contributed by atoms with van der Waals surface area (Å²) in [5.74, 6) is 0. The summed E-state index contributed by atoms with van der Waals surface area (Å²) in [5, 5.41) is 25.9. The third kappa shape index (κ3) is 1.60. The molecule has 0 saturated heterocycles. The third-order valence-electron chi connectivity index (χ3n) is 1.45. The molecule has 0 aliphatic heterocycles. The van der Waals surface area contributed by atoms with Crippen molar-refractivity contribution < 1.29 is 5.11 Å². The lowest BCUT2D eigenvalue weighted by Crippen LogP contribution is -1.92. The van der Waals surface area contributed by atoms with Crippen LogP contribution in [-0.4, -0.2) is 5.11 Å². The van der Waals surface area contributed by atoms with Gasteiger partial charge in [-0.05, 0) is 17.7 Å². The predicted molar refractivity (Wildman–Crippen MR) is 41.7 cm³/mol. The predicted octanol–water partition coefficient (Wildman–Crippen LogP) is 1.12. The molecule has 3 heteroatoms. The highest BCUT2D eigenvalue weighted by molar-refractivity contribution is 5.35. The second-order valence-corrected chi connectivity index (χ2v) is 2.27. The highest BCUT2D eigenvalue weighted by Gasteiger charge is 2.04. The first kappa shape index (κ1) is 8.26. The lowest BCUT2D eigenvalue weighted by molar-refractivity contribution is 0.236. The van der Waals surface area contributed by atoms with E-state index < -0.39 is 6.10 Å². The summed E-state index contributed by atoms with van der Waals surface area (Å²) >= 11 is 0. The summed E-state index contributed by atoms with van der Waals surface area (Å²) in [6.07, 6.45) is -1.14. The van der Waals surface area contributed by atoms with E-state index in [0.717, 1.165) is 0 Å². The highest BCUT2D eigenvalue weighted by Crippen LogP contribution is 2.12. The van der Waals surface area contributed by atoms with Crippen molar-refractivity contribution >= 4 is 0 Å². The Hall–Kier alpha value is -1.84. The largest absolute Gasteiger partial charge is 0.374 e. The Kier molecular flexibility index (Phi) is 2.42. The molecule has 0 aliphatic rings. The SMILES string of the molecule is N#Cc1cccc(C(O)C#N)c1. The fourth-order valence-corrected chi connectivity index (χ4v) is 0.853. The van der Waals surface area contributed by atoms with Crippen molar-refractivity contribution in [2.45, 2.75) is 6.10 Å². The standard InChI is InChI=1S/C9H6N2O/c10-5-7-2-1-3-8(4-7)9(12)6-11/h1-4,9,12H. The van der Waals surface area contributed by atoms with Gasteiger partial charge in [0.05, 0.1) is 17.7 Å². The van der Waals surface area contributed by atoms with Crippen molar-refractivity contribution in [3.8, 4) is 12.1 Å². The normalized spacial score (nSPS) is 11.2. The Morgan fingerprint density at radius 2 is 2.08 bits per heavy atom. The van der Waals surface area contributed by atoms with E-state index in [1.807, 2.05) is 6.07 Å². The zero-order valence-corrected chi connectivity index (χ0v) is 6.23. The highest BCUT2D eigenvalue weighted by atomic mass is 16.3. The van der Waals surface area contributed by atoms with Gasteiger partial charge in [-0.15, -0.1) is 0 Å². The van der Waals surface area contributed by atoms with Crippen LogP contribution in [0, 0.1) is 22.7 Å². The van der Waals surface area contributed by atoms with Gasteiger partial charge in [0.25, 0.3) is 0 Å². The van der Waals surface area contributed by atoms with Crippen molar-refractivity contribution in [2.24, 2.45) is 0 Å². The summed E-state index contributed by atoms with van der Waals surface area (Å²) in [5.41, 5.74) is 0.901. The van der Waals surface area contributed by atoms with Gasteiger partial charge in [0.1, 0.15) is 0 Å². The van der Waals surface area contributed by atoms with Crippen LogP contribution in [0.3, 0.4) is 0 Å². The Morgan fingerprint density at radius 1 is 1.33 bits per heavy atom. The number of nitriles is 2. The summed E-state index contributed by atoms with van der Waals surface area (Å²) in [6, 6.07) is 9.96. The fourth-order valence-electron chi connectivity index (χ4n) is 0.853. The van der Waals surface area contributed by atoms with Crippen LogP contribution >= 0.6 is 0 Å². The summed E-state index contributed by atoms with van der Waals surface area (Å²) < 4.78 is 0. The molecule has 0 bridgehead atoms. The smallest absolute Gasteiger partial charge is 0.165 e. The van der Waals surface area contributed by atoms with Gasteiger partial charge in [0.2, 0.25) is 0 Å². The van der Waals surface area contributed by atoms with Gasteiger partial charge in [-0.25, -0.2) is 0 Å². The van der Waals surface area contributed by atoms with Crippen molar-refractivity contribution in [3.05, 3.63) is 35.4 Å². The van der Waals surface area contributed by atoms with Crippen LogP contribution in [0.25, 0.3) is 0 Å². The lowest BCUT2D eigenvalue weighted by Gasteiger charge is -2.00. The van der Waals surface area contributed by atoms with Crippen LogP contribution in [0.5, 0.6) is 0 Å². The number of benzene rings is 1. The average molecular weight is 158 g/mol. The van der Waals surface area contributed by atoms with Gasteiger partial charge in [-0.3, -0.25) is 0 Å². The molecule has 1 atom stereocenters. The summed E-state index contributed by atoms with van der Waals surface area (Å²) in [4.78, 5) is 0. The minimum atomic E-state index is -1.14. The first-order chi connectivity index (χ1) is 5.77. The maximum Gasteiger partial charge on any atom is 0.165 e. The van der Waals surface area contributed by atoms with Gasteiger partial charge < -0.3 is 5.11 Å². The van der Waals surface area contributed by atoms with Gasteiger partial charge in [-0.1, -0.05) is 12.1 Å². The molecule has 0 radical (unpaired) electrons. The maximum atomic E-state index is 9.08. The van der Waals surface area contributed by atoms with Crippen molar-refractivity contribution in [1.82, 2.24) is 0 Å². The molecule has 1 aromatic carbocycles. The van der Waals surface area contributed by atoms with E-state index in [1.54, 1.807) is 24.3 Å². The van der Waals surface area contributed by atoms with E-state index in [9.17, 15) is 0 Å². The van der Waals surface area contributed by atoms with Crippen molar-refractivity contribution in [1.29, 1.82) is 10.5 Å². The van der Waals surface area contributed by atoms with E-state index in [1.165, 1.54) is 6.07 Å². The van der Waals surface area contributed by atoms with Crippen LogP contribution in [-0.2, 0) is 0 Å². The molecule has 1 rings (SSSR count). The molecule has 58 valence electrons. The molecule has 0 fully saturated rings. The number of aliphatic hydroxyl groups is 1. The number of aliphatic hydroxyl groups excluding tert-OH is 1.